The summed E-state index contributed by atoms with van der Waals surface area (Å²) in [6.07, 6.45) is 0.158. The number of amides is 2. The first-order valence-corrected chi connectivity index (χ1v) is 9.10. The molecule has 0 saturated heterocycles. The number of nitrogens with one attached hydrogen (secondary N) is 3. The first kappa shape index (κ1) is 24.9. The molecule has 3 N–H and O–H groups in total. The van der Waals surface area contributed by atoms with Crippen LogP contribution >= 0.6 is 0 Å². The molecule has 0 spiro atoms. The summed E-state index contributed by atoms with van der Waals surface area (Å²) < 4.78 is 37.0. The average Bonchev–Trinajstić information content (AvgIpc) is 2.63. The first-order chi connectivity index (χ1) is 13.9. The molecule has 0 aromatic carbocycles. The standard InChI is InChI=1S/C20H26F3N5O2/c1-6-16(8-13(3)26-11-27-15(5)29)14(4)28-19(30)17-7-12(2)18(24-9-17)25-10-20(21,22)23/h6-9,14H,1,10-11H2,2-5H3,(H,24,25)(H,27,29)(H,28,30)/b16-8+,26-13-. The molecular formula is C20H26F3N5O2. The van der Waals surface area contributed by atoms with Gasteiger partial charge in [-0.2, -0.15) is 13.2 Å². The van der Waals surface area contributed by atoms with E-state index in [2.05, 4.69) is 32.5 Å². The molecule has 0 aliphatic rings. The van der Waals surface area contributed by atoms with Crippen molar-refractivity contribution in [3.05, 3.63) is 47.7 Å². The van der Waals surface area contributed by atoms with Crippen LogP contribution < -0.4 is 16.0 Å². The zero-order chi connectivity index (χ0) is 22.9. The topological polar surface area (TPSA) is 95.5 Å². The monoisotopic (exact) mass is 425 g/mol. The van der Waals surface area contributed by atoms with Gasteiger partial charge in [-0.1, -0.05) is 12.7 Å². The van der Waals surface area contributed by atoms with Crippen LogP contribution in [0, 0.1) is 6.92 Å². The third kappa shape index (κ3) is 8.89. The van der Waals surface area contributed by atoms with Gasteiger partial charge in [-0.25, -0.2) is 4.98 Å². The van der Waals surface area contributed by atoms with Crippen molar-refractivity contribution in [3.63, 3.8) is 0 Å². The molecule has 7 nitrogen and oxygen atoms in total. The Morgan fingerprint density at radius 1 is 1.33 bits per heavy atom. The lowest BCUT2D eigenvalue weighted by Crippen LogP contribution is -2.34. The van der Waals surface area contributed by atoms with Gasteiger partial charge in [-0.3, -0.25) is 14.6 Å². The molecule has 0 aliphatic heterocycles. The fourth-order valence-electron chi connectivity index (χ4n) is 2.35. The Kier molecular flexibility index (Phi) is 9.22. The summed E-state index contributed by atoms with van der Waals surface area (Å²) in [7, 11) is 0. The molecule has 1 aromatic heterocycles. The van der Waals surface area contributed by atoms with Gasteiger partial charge in [-0.05, 0) is 44.1 Å². The highest BCUT2D eigenvalue weighted by atomic mass is 19.4. The van der Waals surface area contributed by atoms with Crippen molar-refractivity contribution in [1.29, 1.82) is 0 Å². The summed E-state index contributed by atoms with van der Waals surface area (Å²) in [4.78, 5) is 31.5. The lowest BCUT2D eigenvalue weighted by atomic mass is 10.1. The molecule has 0 aliphatic carbocycles. The highest BCUT2D eigenvalue weighted by Gasteiger charge is 2.27. The van der Waals surface area contributed by atoms with Gasteiger partial charge in [0.15, 0.2) is 0 Å². The number of hydrogen-bond acceptors (Lipinski definition) is 5. The van der Waals surface area contributed by atoms with E-state index < -0.39 is 24.7 Å². The van der Waals surface area contributed by atoms with Crippen LogP contribution in [0.2, 0.25) is 0 Å². The van der Waals surface area contributed by atoms with Crippen molar-refractivity contribution < 1.29 is 22.8 Å². The summed E-state index contributed by atoms with van der Waals surface area (Å²) in [6.45, 7) is 9.13. The van der Waals surface area contributed by atoms with Crippen LogP contribution in [-0.4, -0.2) is 47.9 Å². The Balaban J connectivity index is 2.82. The first-order valence-electron chi connectivity index (χ1n) is 9.10. The van der Waals surface area contributed by atoms with Crippen LogP contribution in [0.5, 0.6) is 0 Å². The van der Waals surface area contributed by atoms with Gasteiger partial charge in [-0.15, -0.1) is 0 Å². The average molecular weight is 425 g/mol. The molecule has 164 valence electrons. The van der Waals surface area contributed by atoms with Crippen LogP contribution in [0.3, 0.4) is 0 Å². The minimum atomic E-state index is -4.36. The van der Waals surface area contributed by atoms with Gasteiger partial charge in [0, 0.05) is 18.8 Å². The number of carbonyl (C=O) groups excluding carboxylic acids is 2. The van der Waals surface area contributed by atoms with E-state index in [0.29, 0.717) is 16.8 Å². The maximum absolute atomic E-state index is 12.5. The number of carbonyl (C=O) groups is 2. The minimum Gasteiger partial charge on any atom is -0.361 e. The zero-order valence-corrected chi connectivity index (χ0v) is 17.4. The van der Waals surface area contributed by atoms with Crippen molar-refractivity contribution in [3.8, 4) is 0 Å². The SMILES string of the molecule is C=C/C(=C\C(C)=N/CNC(C)=O)C(C)NC(=O)c1cnc(NCC(F)(F)F)c(C)c1. The van der Waals surface area contributed by atoms with Crippen LogP contribution in [0.1, 0.15) is 36.7 Å². The second kappa shape index (κ2) is 11.1. The van der Waals surface area contributed by atoms with Gasteiger partial charge in [0.25, 0.3) is 5.91 Å². The van der Waals surface area contributed by atoms with Crippen molar-refractivity contribution in [2.24, 2.45) is 4.99 Å². The lowest BCUT2D eigenvalue weighted by Gasteiger charge is -2.16. The lowest BCUT2D eigenvalue weighted by molar-refractivity contribution is -0.119. The summed E-state index contributed by atoms with van der Waals surface area (Å²) in [5, 5.41) is 7.54. The molecule has 1 rings (SSSR count). The molecule has 2 amide bonds. The molecule has 0 saturated carbocycles. The van der Waals surface area contributed by atoms with Crippen molar-refractivity contribution in [2.75, 3.05) is 18.5 Å². The molecule has 0 radical (unpaired) electrons. The number of alkyl halides is 3. The zero-order valence-electron chi connectivity index (χ0n) is 17.4. The molecule has 1 unspecified atom stereocenters. The number of aliphatic imine (C=N–C) groups is 1. The number of aryl methyl sites for hydroxylation is 1. The molecule has 10 heteroatoms. The van der Waals surface area contributed by atoms with Crippen LogP contribution in [0.4, 0.5) is 19.0 Å². The fourth-order valence-corrected chi connectivity index (χ4v) is 2.35. The highest BCUT2D eigenvalue weighted by Crippen LogP contribution is 2.18. The quantitative estimate of drug-likeness (QED) is 0.418. The van der Waals surface area contributed by atoms with Crippen molar-refractivity contribution in [2.45, 2.75) is 39.9 Å². The van der Waals surface area contributed by atoms with Gasteiger partial charge in [0.05, 0.1) is 11.6 Å². The van der Waals surface area contributed by atoms with Crippen LogP contribution in [0.15, 0.2) is 41.6 Å². The molecule has 0 bridgehead atoms. The Bertz CT molecular complexity index is 847. The normalized spacial score (nSPS) is 13.4. The predicted octanol–water partition coefficient (Wildman–Crippen LogP) is 3.15. The number of nitrogens with zero attached hydrogens (tertiary/aromatic N) is 2. The second-order valence-electron chi connectivity index (χ2n) is 6.59. The molecule has 0 fully saturated rings. The Morgan fingerprint density at radius 3 is 2.53 bits per heavy atom. The van der Waals surface area contributed by atoms with E-state index in [1.807, 2.05) is 0 Å². The van der Waals surface area contributed by atoms with E-state index in [-0.39, 0.29) is 24.0 Å². The molecule has 30 heavy (non-hydrogen) atoms. The van der Waals surface area contributed by atoms with E-state index in [1.165, 1.54) is 19.2 Å². The number of anilines is 1. The minimum absolute atomic E-state index is 0.0645. The maximum Gasteiger partial charge on any atom is 0.405 e. The van der Waals surface area contributed by atoms with E-state index in [4.69, 9.17) is 0 Å². The fraction of sp³-hybridized carbons (Fsp3) is 0.400. The van der Waals surface area contributed by atoms with E-state index in [1.54, 1.807) is 32.9 Å². The highest BCUT2D eigenvalue weighted by molar-refractivity contribution is 5.96. The number of aromatic nitrogens is 1. The van der Waals surface area contributed by atoms with E-state index in [9.17, 15) is 22.8 Å². The number of hydrogen-bond donors (Lipinski definition) is 3. The number of allylic oxidation sites excluding steroid dienone is 1. The van der Waals surface area contributed by atoms with E-state index in [0.717, 1.165) is 0 Å². The largest absolute Gasteiger partial charge is 0.405 e. The number of rotatable bonds is 9. The molecule has 1 atom stereocenters. The van der Waals surface area contributed by atoms with Crippen molar-refractivity contribution in [1.82, 2.24) is 15.6 Å². The third-order valence-electron chi connectivity index (χ3n) is 3.91. The maximum atomic E-state index is 12.5. The smallest absolute Gasteiger partial charge is 0.361 e. The third-order valence-corrected chi connectivity index (χ3v) is 3.91. The molecule has 1 heterocycles. The van der Waals surface area contributed by atoms with Crippen molar-refractivity contribution >= 4 is 23.3 Å². The summed E-state index contributed by atoms with van der Waals surface area (Å²) >= 11 is 0. The summed E-state index contributed by atoms with van der Waals surface area (Å²) in [5.74, 6) is -0.556. The predicted molar refractivity (Wildman–Crippen MR) is 111 cm³/mol. The number of halogens is 3. The Hall–Kier alpha value is -3.17. The molecular weight excluding hydrogens is 399 g/mol. The molecule has 1 aromatic rings. The van der Waals surface area contributed by atoms with Gasteiger partial charge in [0.2, 0.25) is 5.91 Å². The van der Waals surface area contributed by atoms with E-state index >= 15 is 0 Å². The number of pyridine rings is 1. The van der Waals surface area contributed by atoms with Crippen LogP contribution in [0.25, 0.3) is 0 Å². The van der Waals surface area contributed by atoms with Gasteiger partial charge < -0.3 is 16.0 Å². The van der Waals surface area contributed by atoms with Crippen LogP contribution in [-0.2, 0) is 4.79 Å². The van der Waals surface area contributed by atoms with Gasteiger partial charge >= 0.3 is 6.18 Å². The summed E-state index contributed by atoms with van der Waals surface area (Å²) in [5.41, 5.74) is 1.97. The summed E-state index contributed by atoms with van der Waals surface area (Å²) in [6, 6.07) is 1.05. The second-order valence-corrected chi connectivity index (χ2v) is 6.59. The Morgan fingerprint density at radius 2 is 2.00 bits per heavy atom. The van der Waals surface area contributed by atoms with Gasteiger partial charge in [0.1, 0.15) is 19.0 Å². The Labute approximate surface area is 173 Å².